The van der Waals surface area contributed by atoms with Gasteiger partial charge in [-0.2, -0.15) is 5.10 Å². The maximum Gasteiger partial charge on any atom is 0.0822 e. The first kappa shape index (κ1) is 17.1. The van der Waals surface area contributed by atoms with E-state index in [1.165, 1.54) is 0 Å². The van der Waals surface area contributed by atoms with Gasteiger partial charge in [-0.05, 0) is 36.2 Å². The van der Waals surface area contributed by atoms with E-state index >= 15 is 0 Å². The Morgan fingerprint density at radius 1 is 0.958 bits per heavy atom. The summed E-state index contributed by atoms with van der Waals surface area (Å²) < 4.78 is 0. The van der Waals surface area contributed by atoms with Crippen molar-refractivity contribution < 1.29 is 0 Å². The summed E-state index contributed by atoms with van der Waals surface area (Å²) in [7, 11) is 1.87. The maximum atomic E-state index is 5.71. The predicted octanol–water partition coefficient (Wildman–Crippen LogP) is 3.78. The van der Waals surface area contributed by atoms with Crippen molar-refractivity contribution in [1.29, 1.82) is 0 Å². The lowest BCUT2D eigenvalue weighted by Gasteiger charge is -1.99. The van der Waals surface area contributed by atoms with E-state index in [0.717, 1.165) is 22.5 Å². The third-order valence-electron chi connectivity index (χ3n) is 3.37. The van der Waals surface area contributed by atoms with E-state index < -0.39 is 0 Å². The summed E-state index contributed by atoms with van der Waals surface area (Å²) in [5.41, 5.74) is 17.0. The highest BCUT2D eigenvalue weighted by Gasteiger charge is 1.93. The van der Waals surface area contributed by atoms with Gasteiger partial charge in [0.2, 0.25) is 0 Å². The van der Waals surface area contributed by atoms with Crippen molar-refractivity contribution in [3.8, 4) is 0 Å². The van der Waals surface area contributed by atoms with Crippen LogP contribution in [0.5, 0.6) is 0 Å². The van der Waals surface area contributed by atoms with Crippen molar-refractivity contribution in [1.82, 2.24) is 10.2 Å². The van der Waals surface area contributed by atoms with Gasteiger partial charge in [0.05, 0.1) is 11.4 Å². The number of aromatic amines is 1. The number of rotatable bonds is 3. The van der Waals surface area contributed by atoms with Crippen LogP contribution in [0, 0.1) is 6.92 Å². The van der Waals surface area contributed by atoms with Crippen LogP contribution in [-0.4, -0.2) is 17.2 Å². The molecule has 0 aliphatic heterocycles. The Morgan fingerprint density at radius 3 is 2.08 bits per heavy atom. The highest BCUT2D eigenvalue weighted by Crippen LogP contribution is 2.16. The molecule has 0 fully saturated rings. The molecule has 0 aliphatic carbocycles. The smallest absolute Gasteiger partial charge is 0.0822 e. The number of aromatic nitrogens is 2. The lowest BCUT2D eigenvalue weighted by Crippen LogP contribution is -1.90. The molecule has 0 radical (unpaired) electrons. The summed E-state index contributed by atoms with van der Waals surface area (Å²) in [6.07, 6.45) is 5.87. The van der Waals surface area contributed by atoms with Crippen LogP contribution in [0.15, 0.2) is 54.7 Å². The fourth-order valence-electron chi connectivity index (χ4n) is 2.17. The van der Waals surface area contributed by atoms with Gasteiger partial charge in [0.1, 0.15) is 0 Å². The minimum atomic E-state index is 0.688. The van der Waals surface area contributed by atoms with Crippen LogP contribution in [0.4, 0.5) is 17.1 Å². The lowest BCUT2D eigenvalue weighted by molar-refractivity contribution is 1.05. The largest absolute Gasteiger partial charge is 0.399 e. The quantitative estimate of drug-likeness (QED) is 0.436. The molecule has 3 aromatic rings. The summed E-state index contributed by atoms with van der Waals surface area (Å²) in [6, 6.07) is 15.7. The Morgan fingerprint density at radius 2 is 1.58 bits per heavy atom. The Balaban J connectivity index is 0.000000219. The number of nitrogens with one attached hydrogen (secondary N) is 2. The summed E-state index contributed by atoms with van der Waals surface area (Å²) in [5, 5.41) is 9.62. The molecule has 5 nitrogen and oxygen atoms in total. The number of nitrogens with two attached hydrogens (primary N) is 2. The van der Waals surface area contributed by atoms with E-state index in [2.05, 4.69) is 15.5 Å². The number of hydrogen-bond acceptors (Lipinski definition) is 4. The van der Waals surface area contributed by atoms with Crippen LogP contribution in [0.2, 0.25) is 0 Å². The third kappa shape index (κ3) is 5.21. The molecule has 1 aromatic heterocycles. The van der Waals surface area contributed by atoms with Gasteiger partial charge >= 0.3 is 0 Å². The number of H-pyrrole nitrogens is 1. The van der Waals surface area contributed by atoms with E-state index in [0.29, 0.717) is 11.4 Å². The minimum absolute atomic E-state index is 0.688. The number of nitrogen functional groups attached to an aromatic ring is 2. The normalized spacial score (nSPS) is 10.2. The zero-order valence-electron chi connectivity index (χ0n) is 14.0. The molecule has 0 aliphatic rings. The average molecular weight is 321 g/mol. The van der Waals surface area contributed by atoms with Crippen molar-refractivity contribution in [2.75, 3.05) is 23.8 Å². The van der Waals surface area contributed by atoms with Crippen molar-refractivity contribution in [2.45, 2.75) is 6.92 Å². The highest BCUT2D eigenvalue weighted by molar-refractivity contribution is 5.73. The van der Waals surface area contributed by atoms with Crippen molar-refractivity contribution in [3.63, 3.8) is 0 Å². The van der Waals surface area contributed by atoms with Gasteiger partial charge in [0.15, 0.2) is 0 Å². The molecule has 5 heteroatoms. The van der Waals surface area contributed by atoms with Crippen molar-refractivity contribution >= 4 is 29.2 Å². The maximum absolute atomic E-state index is 5.71. The first-order valence-electron chi connectivity index (χ1n) is 7.66. The summed E-state index contributed by atoms with van der Waals surface area (Å²) in [6.45, 7) is 1.95. The van der Waals surface area contributed by atoms with Crippen LogP contribution in [0.25, 0.3) is 12.2 Å². The van der Waals surface area contributed by atoms with Gasteiger partial charge in [-0.25, -0.2) is 0 Å². The molecule has 0 unspecified atom stereocenters. The van der Waals surface area contributed by atoms with E-state index in [1.807, 2.05) is 74.8 Å². The van der Waals surface area contributed by atoms with Crippen LogP contribution in [0.1, 0.15) is 16.8 Å². The monoisotopic (exact) mass is 321 g/mol. The van der Waals surface area contributed by atoms with E-state index in [9.17, 15) is 0 Å². The third-order valence-corrected chi connectivity index (χ3v) is 3.37. The van der Waals surface area contributed by atoms with Crippen LogP contribution in [0.3, 0.4) is 0 Å². The van der Waals surface area contributed by atoms with Crippen molar-refractivity contribution in [3.05, 3.63) is 71.5 Å². The molecular formula is C19H23N5. The molecule has 0 bridgehead atoms. The van der Waals surface area contributed by atoms with Gasteiger partial charge < -0.3 is 16.8 Å². The molecule has 0 saturated carbocycles. The Kier molecular flexibility index (Phi) is 6.02. The molecule has 3 rings (SSSR count). The zero-order valence-corrected chi connectivity index (χ0v) is 14.0. The first-order chi connectivity index (χ1) is 11.6. The second-order valence-corrected chi connectivity index (χ2v) is 5.31. The van der Waals surface area contributed by atoms with E-state index in [-0.39, 0.29) is 0 Å². The van der Waals surface area contributed by atoms with Gasteiger partial charge in [-0.1, -0.05) is 42.5 Å². The number of benzene rings is 2. The summed E-state index contributed by atoms with van der Waals surface area (Å²) >= 11 is 0. The Labute approximate surface area is 142 Å². The van der Waals surface area contributed by atoms with Gasteiger partial charge in [0, 0.05) is 24.6 Å². The minimum Gasteiger partial charge on any atom is -0.399 e. The van der Waals surface area contributed by atoms with E-state index in [4.69, 9.17) is 11.5 Å². The predicted molar refractivity (Wildman–Crippen MR) is 104 cm³/mol. The lowest BCUT2D eigenvalue weighted by atomic mass is 10.1. The Hall–Kier alpha value is -3.21. The van der Waals surface area contributed by atoms with Crippen molar-refractivity contribution in [2.24, 2.45) is 0 Å². The molecule has 0 saturated heterocycles. The van der Waals surface area contributed by atoms with E-state index in [1.54, 1.807) is 6.07 Å². The molecule has 0 amide bonds. The fourth-order valence-corrected chi connectivity index (χ4v) is 2.17. The summed E-state index contributed by atoms with van der Waals surface area (Å²) in [5.74, 6) is 0. The molecular weight excluding hydrogens is 298 g/mol. The van der Waals surface area contributed by atoms with Crippen LogP contribution < -0.4 is 16.8 Å². The standard InChI is InChI=1S/C14H14N2.C5H9N3/c15-13-8-12(9-14(16)10-13)7-6-11-4-2-1-3-5-11;1-4-5(6-2)3-7-8-4/h1-10H,15-16H2;3,6H,1-2H3,(H,7,8). The van der Waals surface area contributed by atoms with Crippen LogP contribution >= 0.6 is 0 Å². The highest BCUT2D eigenvalue weighted by atomic mass is 15.1. The molecule has 24 heavy (non-hydrogen) atoms. The molecule has 2 aromatic carbocycles. The van der Waals surface area contributed by atoms with Crippen LogP contribution in [-0.2, 0) is 0 Å². The molecule has 0 spiro atoms. The number of aryl methyl sites for hydroxylation is 1. The number of hydrogen-bond donors (Lipinski definition) is 4. The van der Waals surface area contributed by atoms with Gasteiger partial charge in [-0.15, -0.1) is 0 Å². The Bertz CT molecular complexity index is 770. The second kappa shape index (κ2) is 8.43. The molecule has 0 atom stereocenters. The second-order valence-electron chi connectivity index (χ2n) is 5.31. The first-order valence-corrected chi connectivity index (χ1v) is 7.66. The molecule has 1 heterocycles. The number of nitrogens with zero attached hydrogens (tertiary/aromatic N) is 1. The SMILES string of the molecule is CNc1c[nH]nc1C.Nc1cc(N)cc(C=Cc2ccccc2)c1. The molecule has 6 N–H and O–H groups in total. The average Bonchev–Trinajstić information content (AvgIpc) is 2.99. The summed E-state index contributed by atoms with van der Waals surface area (Å²) in [4.78, 5) is 0. The number of anilines is 3. The topological polar surface area (TPSA) is 92.8 Å². The van der Waals surface area contributed by atoms with Gasteiger partial charge in [-0.3, -0.25) is 5.10 Å². The van der Waals surface area contributed by atoms with Gasteiger partial charge in [0.25, 0.3) is 0 Å². The molecule has 124 valence electrons. The fraction of sp³-hybridized carbons (Fsp3) is 0.105. The zero-order chi connectivity index (χ0) is 17.4.